The Morgan fingerprint density at radius 3 is 2.17 bits per heavy atom. The number of rotatable bonds is 3. The Morgan fingerprint density at radius 2 is 1.72 bits per heavy atom. The van der Waals surface area contributed by atoms with Crippen molar-refractivity contribution in [3.63, 3.8) is 0 Å². The van der Waals surface area contributed by atoms with Gasteiger partial charge in [-0.15, -0.1) is 0 Å². The first kappa shape index (κ1) is 14.3. The summed E-state index contributed by atoms with van der Waals surface area (Å²) in [6.45, 7) is 5.69. The molecule has 0 aliphatic rings. The van der Waals surface area contributed by atoms with Crippen molar-refractivity contribution in [2.45, 2.75) is 20.8 Å². The zero-order valence-electron chi connectivity index (χ0n) is 10.4. The van der Waals surface area contributed by atoms with E-state index in [2.05, 4.69) is 5.32 Å². The molecule has 0 saturated heterocycles. The number of carboxylic acid groups (broad SMARTS) is 1. The Labute approximate surface area is 110 Å². The summed E-state index contributed by atoms with van der Waals surface area (Å²) >= 11 is 5.58. The number of amides is 1. The molecule has 0 radical (unpaired) electrons. The van der Waals surface area contributed by atoms with Crippen molar-refractivity contribution in [1.82, 2.24) is 0 Å². The van der Waals surface area contributed by atoms with Crippen molar-refractivity contribution in [2.75, 3.05) is 5.32 Å². The second-order valence-corrected chi connectivity index (χ2v) is 4.47. The van der Waals surface area contributed by atoms with E-state index in [1.807, 2.05) is 32.9 Å². The van der Waals surface area contributed by atoms with Gasteiger partial charge in [0.05, 0.1) is 0 Å². The van der Waals surface area contributed by atoms with Crippen LogP contribution in [0, 0.1) is 20.8 Å². The molecule has 0 heterocycles. The smallest absolute Gasteiger partial charge is 0.330 e. The largest absolute Gasteiger partial charge is 0.478 e. The minimum Gasteiger partial charge on any atom is -0.478 e. The van der Waals surface area contributed by atoms with Crippen LogP contribution in [0.2, 0.25) is 0 Å². The van der Waals surface area contributed by atoms with Crippen molar-refractivity contribution in [3.8, 4) is 0 Å². The van der Waals surface area contributed by atoms with Gasteiger partial charge in [0.25, 0.3) is 5.91 Å². The molecular weight excluding hydrogens is 254 g/mol. The summed E-state index contributed by atoms with van der Waals surface area (Å²) in [5.74, 6) is -1.89. The van der Waals surface area contributed by atoms with E-state index < -0.39 is 11.9 Å². The molecule has 0 saturated carbocycles. The number of aliphatic carboxylic acids is 1. The highest BCUT2D eigenvalue weighted by Gasteiger charge is 2.12. The van der Waals surface area contributed by atoms with Crippen LogP contribution in [0.15, 0.2) is 23.2 Å². The van der Waals surface area contributed by atoms with Crippen molar-refractivity contribution < 1.29 is 14.7 Å². The molecule has 0 atom stereocenters. The number of nitrogens with one attached hydrogen (secondary N) is 1. The predicted molar refractivity (Wildman–Crippen MR) is 70.9 cm³/mol. The predicted octanol–water partition coefficient (Wildman–Crippen LogP) is 2.76. The Bertz CT molecular complexity index is 512. The fraction of sp³-hybridized carbons (Fsp3) is 0.231. The van der Waals surface area contributed by atoms with Crippen molar-refractivity contribution in [2.24, 2.45) is 0 Å². The van der Waals surface area contributed by atoms with Gasteiger partial charge in [-0.1, -0.05) is 29.3 Å². The number of benzene rings is 1. The first-order chi connectivity index (χ1) is 8.31. The molecule has 0 spiro atoms. The molecular formula is C13H14ClNO3. The Kier molecular flexibility index (Phi) is 4.50. The van der Waals surface area contributed by atoms with Crippen LogP contribution in [0.3, 0.4) is 0 Å². The van der Waals surface area contributed by atoms with E-state index in [9.17, 15) is 9.59 Å². The Balaban J connectivity index is 2.99. The molecule has 1 amide bonds. The van der Waals surface area contributed by atoms with E-state index in [0.29, 0.717) is 11.8 Å². The van der Waals surface area contributed by atoms with Crippen molar-refractivity contribution in [1.29, 1.82) is 0 Å². The quantitative estimate of drug-likeness (QED) is 0.828. The second-order valence-electron chi connectivity index (χ2n) is 4.06. The molecule has 18 heavy (non-hydrogen) atoms. The summed E-state index contributed by atoms with van der Waals surface area (Å²) < 4.78 is 0. The van der Waals surface area contributed by atoms with Crippen LogP contribution in [0.1, 0.15) is 16.7 Å². The molecule has 1 aromatic rings. The molecule has 5 heteroatoms. The molecule has 1 aromatic carbocycles. The highest BCUT2D eigenvalue weighted by atomic mass is 35.5. The van der Waals surface area contributed by atoms with Crippen LogP contribution in [0.5, 0.6) is 0 Å². The van der Waals surface area contributed by atoms with Gasteiger partial charge >= 0.3 is 5.97 Å². The molecule has 0 aliphatic heterocycles. The lowest BCUT2D eigenvalue weighted by Crippen LogP contribution is -2.14. The normalized spacial score (nSPS) is 11.2. The lowest BCUT2D eigenvalue weighted by atomic mass is 10.1. The first-order valence-electron chi connectivity index (χ1n) is 5.30. The van der Waals surface area contributed by atoms with Crippen LogP contribution in [0.25, 0.3) is 0 Å². The summed E-state index contributed by atoms with van der Waals surface area (Å²) in [4.78, 5) is 22.1. The van der Waals surface area contributed by atoms with Crippen LogP contribution in [-0.2, 0) is 9.59 Å². The lowest BCUT2D eigenvalue weighted by molar-refractivity contribution is -0.131. The Morgan fingerprint density at radius 1 is 1.22 bits per heavy atom. The third kappa shape index (κ3) is 3.60. The molecule has 4 nitrogen and oxygen atoms in total. The first-order valence-corrected chi connectivity index (χ1v) is 5.68. The maximum Gasteiger partial charge on any atom is 0.330 e. The van der Waals surface area contributed by atoms with Gasteiger partial charge in [-0.05, 0) is 31.9 Å². The van der Waals surface area contributed by atoms with Gasteiger partial charge in [-0.2, -0.15) is 0 Å². The number of halogens is 1. The number of hydrogen-bond donors (Lipinski definition) is 2. The minimum absolute atomic E-state index is 0.359. The van der Waals surface area contributed by atoms with E-state index in [1.54, 1.807) is 0 Å². The van der Waals surface area contributed by atoms with Gasteiger partial charge in [0.2, 0.25) is 0 Å². The monoisotopic (exact) mass is 267 g/mol. The van der Waals surface area contributed by atoms with Gasteiger partial charge in [0, 0.05) is 11.8 Å². The molecule has 0 fully saturated rings. The topological polar surface area (TPSA) is 66.4 Å². The summed E-state index contributed by atoms with van der Waals surface area (Å²) in [5, 5.41) is 10.8. The lowest BCUT2D eigenvalue weighted by Gasteiger charge is -2.12. The maximum absolute atomic E-state index is 11.7. The number of hydrogen-bond acceptors (Lipinski definition) is 2. The summed E-state index contributed by atoms with van der Waals surface area (Å²) in [5.41, 5.74) is 3.55. The average molecular weight is 268 g/mol. The van der Waals surface area contributed by atoms with Crippen LogP contribution in [-0.4, -0.2) is 17.0 Å². The van der Waals surface area contributed by atoms with E-state index in [-0.39, 0.29) is 5.03 Å². The summed E-state index contributed by atoms with van der Waals surface area (Å²) in [7, 11) is 0. The molecule has 96 valence electrons. The fourth-order valence-electron chi connectivity index (χ4n) is 1.72. The summed E-state index contributed by atoms with van der Waals surface area (Å²) in [6, 6.07) is 3.86. The third-order valence-electron chi connectivity index (χ3n) is 2.38. The highest BCUT2D eigenvalue weighted by molar-refractivity contribution is 6.44. The number of anilines is 1. The highest BCUT2D eigenvalue weighted by Crippen LogP contribution is 2.22. The molecule has 0 aromatic heterocycles. The number of carboxylic acids is 1. The van der Waals surface area contributed by atoms with E-state index >= 15 is 0 Å². The minimum atomic E-state index is -1.26. The average Bonchev–Trinajstić information content (AvgIpc) is 2.21. The van der Waals surface area contributed by atoms with Gasteiger partial charge < -0.3 is 10.4 Å². The summed E-state index contributed by atoms with van der Waals surface area (Å²) in [6.07, 6.45) is 0.662. The zero-order chi connectivity index (χ0) is 13.9. The Hall–Kier alpha value is -1.81. The van der Waals surface area contributed by atoms with E-state index in [1.165, 1.54) is 0 Å². The zero-order valence-corrected chi connectivity index (χ0v) is 11.1. The van der Waals surface area contributed by atoms with E-state index in [0.717, 1.165) is 16.7 Å². The fourth-order valence-corrected chi connectivity index (χ4v) is 1.86. The van der Waals surface area contributed by atoms with Gasteiger partial charge in [0.15, 0.2) is 0 Å². The SMILES string of the molecule is Cc1cc(C)c(NC(=O)C(Cl)=CC(=O)O)c(C)c1. The van der Waals surface area contributed by atoms with Gasteiger partial charge in [0.1, 0.15) is 5.03 Å². The van der Waals surface area contributed by atoms with Crippen molar-refractivity contribution in [3.05, 3.63) is 39.9 Å². The standard InChI is InChI=1S/C13H14ClNO3/c1-7-4-8(2)12(9(3)5-7)15-13(18)10(14)6-11(16)17/h4-6H,1-3H3,(H,15,18)(H,16,17). The maximum atomic E-state index is 11.7. The number of carbonyl (C=O) groups excluding carboxylic acids is 1. The van der Waals surface area contributed by atoms with Crippen LogP contribution >= 0.6 is 11.6 Å². The van der Waals surface area contributed by atoms with E-state index in [4.69, 9.17) is 16.7 Å². The molecule has 0 unspecified atom stereocenters. The third-order valence-corrected chi connectivity index (χ3v) is 2.66. The molecule has 0 bridgehead atoms. The van der Waals surface area contributed by atoms with Crippen LogP contribution in [0.4, 0.5) is 5.69 Å². The molecule has 0 aliphatic carbocycles. The van der Waals surface area contributed by atoms with Crippen LogP contribution < -0.4 is 5.32 Å². The van der Waals surface area contributed by atoms with Gasteiger partial charge in [-0.3, -0.25) is 4.79 Å². The number of carbonyl (C=O) groups is 2. The van der Waals surface area contributed by atoms with Crippen molar-refractivity contribution >= 4 is 29.2 Å². The molecule has 1 rings (SSSR count). The second kappa shape index (κ2) is 5.69. The van der Waals surface area contributed by atoms with Gasteiger partial charge in [-0.25, -0.2) is 4.79 Å². The molecule has 2 N–H and O–H groups in total. The number of aryl methyl sites for hydroxylation is 3.